The van der Waals surface area contributed by atoms with Gasteiger partial charge in [0, 0.05) is 17.6 Å². The van der Waals surface area contributed by atoms with Crippen molar-refractivity contribution in [2.75, 3.05) is 11.9 Å². The van der Waals surface area contributed by atoms with E-state index in [-0.39, 0.29) is 17.3 Å². The molecule has 6 rings (SSSR count). The summed E-state index contributed by atoms with van der Waals surface area (Å²) in [7, 11) is -3.84. The third kappa shape index (κ3) is 4.56. The number of nitrogens with one attached hydrogen (secondary N) is 1. The Labute approximate surface area is 224 Å². The fourth-order valence-corrected chi connectivity index (χ4v) is 7.97. The molecular weight excluding hydrogens is 530 g/mol. The van der Waals surface area contributed by atoms with Crippen molar-refractivity contribution in [3.63, 3.8) is 0 Å². The molecule has 0 bridgehead atoms. The SMILES string of the molecule is Cc1cc(NC(=O)C2CCCN2S(=O)(=O)c2ccc(Cl)cc2)n(-c2nc3cc4c(cc3s2)CCCC4)n1. The van der Waals surface area contributed by atoms with Gasteiger partial charge in [0.2, 0.25) is 21.1 Å². The van der Waals surface area contributed by atoms with Crippen molar-refractivity contribution in [3.8, 4) is 5.13 Å². The van der Waals surface area contributed by atoms with Gasteiger partial charge in [-0.1, -0.05) is 22.9 Å². The third-order valence-corrected chi connectivity index (χ3v) is 10.2. The molecule has 1 saturated heterocycles. The van der Waals surface area contributed by atoms with Gasteiger partial charge in [-0.25, -0.2) is 13.4 Å². The van der Waals surface area contributed by atoms with Crippen molar-refractivity contribution in [3.05, 3.63) is 64.3 Å². The molecule has 8 nitrogen and oxygen atoms in total. The monoisotopic (exact) mass is 555 g/mol. The second kappa shape index (κ2) is 9.50. The minimum absolute atomic E-state index is 0.120. The second-order valence-corrected chi connectivity index (χ2v) is 12.9. The van der Waals surface area contributed by atoms with E-state index in [1.807, 2.05) is 6.92 Å². The molecule has 3 heterocycles. The molecular formula is C26H26ClN5O3S2. The highest BCUT2D eigenvalue weighted by molar-refractivity contribution is 7.89. The van der Waals surface area contributed by atoms with Crippen molar-refractivity contribution in [1.29, 1.82) is 0 Å². The van der Waals surface area contributed by atoms with Gasteiger partial charge in [-0.3, -0.25) is 4.79 Å². The van der Waals surface area contributed by atoms with E-state index < -0.39 is 16.1 Å². The average Bonchev–Trinajstić information content (AvgIpc) is 3.61. The van der Waals surface area contributed by atoms with Crippen molar-refractivity contribution < 1.29 is 13.2 Å². The van der Waals surface area contributed by atoms with Crippen LogP contribution in [-0.2, 0) is 27.7 Å². The standard InChI is InChI=1S/C26H26ClN5O3S2/c1-16-13-24(32(30-16)26-28-21-14-17-5-2-3-6-18(17)15-23(21)36-26)29-25(33)22-7-4-12-31(22)37(34,35)20-10-8-19(27)9-11-20/h8-11,13-15,22H,2-7,12H2,1H3,(H,29,33). The molecule has 1 unspecified atom stereocenters. The lowest BCUT2D eigenvalue weighted by atomic mass is 9.92. The number of sulfonamides is 1. The van der Waals surface area contributed by atoms with Crippen LogP contribution < -0.4 is 5.32 Å². The van der Waals surface area contributed by atoms with Crippen LogP contribution in [0.15, 0.2) is 47.4 Å². The molecule has 2 aromatic carbocycles. The summed E-state index contributed by atoms with van der Waals surface area (Å²) < 4.78 is 30.6. The Morgan fingerprint density at radius 3 is 2.57 bits per heavy atom. The molecule has 192 valence electrons. The summed E-state index contributed by atoms with van der Waals surface area (Å²) in [4.78, 5) is 18.3. The zero-order valence-corrected chi connectivity index (χ0v) is 22.7. The smallest absolute Gasteiger partial charge is 0.243 e. The number of fused-ring (bicyclic) bond motifs is 2. The van der Waals surface area contributed by atoms with Gasteiger partial charge >= 0.3 is 0 Å². The maximum absolute atomic E-state index is 13.4. The first-order valence-electron chi connectivity index (χ1n) is 12.4. The van der Waals surface area contributed by atoms with Crippen molar-refractivity contribution >= 4 is 54.9 Å². The molecule has 0 radical (unpaired) electrons. The predicted octanol–water partition coefficient (Wildman–Crippen LogP) is 5.11. The Hall–Kier alpha value is -2.79. The van der Waals surface area contributed by atoms with Crippen LogP contribution in [0.25, 0.3) is 15.3 Å². The first kappa shape index (κ1) is 24.5. The van der Waals surface area contributed by atoms with Crippen molar-refractivity contribution in [2.45, 2.75) is 56.4 Å². The number of halogens is 1. The van der Waals surface area contributed by atoms with Crippen LogP contribution in [0.5, 0.6) is 0 Å². The molecule has 4 aromatic rings. The summed E-state index contributed by atoms with van der Waals surface area (Å²) in [5.74, 6) is 0.0924. The number of anilines is 1. The number of thiazole rings is 1. The highest BCUT2D eigenvalue weighted by Gasteiger charge is 2.39. The van der Waals surface area contributed by atoms with Crippen LogP contribution in [-0.4, -0.2) is 46.0 Å². The normalized spacial score (nSPS) is 18.3. The van der Waals surface area contributed by atoms with Gasteiger partial charge in [0.25, 0.3) is 0 Å². The van der Waals surface area contributed by atoms with E-state index in [1.54, 1.807) is 10.7 Å². The fourth-order valence-electron chi connectivity index (χ4n) is 5.21. The summed E-state index contributed by atoms with van der Waals surface area (Å²) in [6.07, 6.45) is 5.64. The molecule has 0 saturated carbocycles. The lowest BCUT2D eigenvalue weighted by molar-refractivity contribution is -0.119. The minimum atomic E-state index is -3.84. The highest BCUT2D eigenvalue weighted by Crippen LogP contribution is 2.33. The van der Waals surface area contributed by atoms with E-state index in [0.717, 1.165) is 28.8 Å². The van der Waals surface area contributed by atoms with Gasteiger partial charge < -0.3 is 5.32 Å². The number of carbonyl (C=O) groups is 1. The number of rotatable bonds is 5. The quantitative estimate of drug-likeness (QED) is 0.369. The third-order valence-electron chi connectivity index (χ3n) is 7.03. The maximum Gasteiger partial charge on any atom is 0.243 e. The summed E-state index contributed by atoms with van der Waals surface area (Å²) in [6.45, 7) is 2.13. The maximum atomic E-state index is 13.4. The molecule has 1 aliphatic heterocycles. The first-order chi connectivity index (χ1) is 17.8. The summed E-state index contributed by atoms with van der Waals surface area (Å²) in [6, 6.07) is 11.4. The Kier molecular flexibility index (Phi) is 6.30. The molecule has 0 spiro atoms. The topological polar surface area (TPSA) is 97.2 Å². The van der Waals surface area contributed by atoms with Crippen LogP contribution in [0.2, 0.25) is 5.02 Å². The number of amides is 1. The Bertz CT molecular complexity index is 1570. The van der Waals surface area contributed by atoms with Gasteiger partial charge in [0.1, 0.15) is 11.9 Å². The summed E-state index contributed by atoms with van der Waals surface area (Å²) in [5, 5.41) is 8.63. The van der Waals surface area contributed by atoms with Gasteiger partial charge in [0.15, 0.2) is 0 Å². The zero-order valence-electron chi connectivity index (χ0n) is 20.3. The van der Waals surface area contributed by atoms with E-state index in [1.165, 1.54) is 63.9 Å². The number of carbonyl (C=O) groups excluding carboxylic acids is 1. The Balaban J connectivity index is 1.28. The molecule has 11 heteroatoms. The van der Waals surface area contributed by atoms with E-state index >= 15 is 0 Å². The number of nitrogens with zero attached hydrogens (tertiary/aromatic N) is 4. The number of hydrogen-bond acceptors (Lipinski definition) is 6. The Morgan fingerprint density at radius 2 is 1.81 bits per heavy atom. The van der Waals surface area contributed by atoms with Crippen LogP contribution in [0.3, 0.4) is 0 Å². The van der Waals surface area contributed by atoms with E-state index in [4.69, 9.17) is 16.6 Å². The summed E-state index contributed by atoms with van der Waals surface area (Å²) >= 11 is 7.47. The lowest BCUT2D eigenvalue weighted by Gasteiger charge is -2.23. The van der Waals surface area contributed by atoms with Crippen molar-refractivity contribution in [2.24, 2.45) is 0 Å². The number of aryl methyl sites for hydroxylation is 3. The van der Waals surface area contributed by atoms with Crippen LogP contribution in [0, 0.1) is 6.92 Å². The summed E-state index contributed by atoms with van der Waals surface area (Å²) in [5.41, 5.74) is 4.42. The fraction of sp³-hybridized carbons (Fsp3) is 0.346. The average molecular weight is 556 g/mol. The Morgan fingerprint density at radius 1 is 1.08 bits per heavy atom. The van der Waals surface area contributed by atoms with Crippen LogP contribution in [0.4, 0.5) is 5.82 Å². The number of aromatic nitrogens is 3. The molecule has 1 amide bonds. The van der Waals surface area contributed by atoms with E-state index in [0.29, 0.717) is 28.8 Å². The van der Waals surface area contributed by atoms with Crippen molar-refractivity contribution in [1.82, 2.24) is 19.1 Å². The van der Waals surface area contributed by atoms with Gasteiger partial charge in [-0.05, 0) is 93.0 Å². The largest absolute Gasteiger partial charge is 0.309 e. The molecule has 2 aromatic heterocycles. The van der Waals surface area contributed by atoms with Gasteiger partial charge in [-0.15, -0.1) is 0 Å². The second-order valence-electron chi connectivity index (χ2n) is 9.59. The van der Waals surface area contributed by atoms with Crippen LogP contribution in [0.1, 0.15) is 42.5 Å². The highest BCUT2D eigenvalue weighted by atomic mass is 35.5. The lowest BCUT2D eigenvalue weighted by Crippen LogP contribution is -2.43. The molecule has 1 aliphatic carbocycles. The van der Waals surface area contributed by atoms with E-state index in [9.17, 15) is 13.2 Å². The molecule has 2 aliphatic rings. The molecule has 1 fully saturated rings. The molecule has 1 N–H and O–H groups in total. The van der Waals surface area contributed by atoms with Gasteiger partial charge in [0.05, 0.1) is 20.8 Å². The van der Waals surface area contributed by atoms with E-state index in [2.05, 4.69) is 22.5 Å². The molecule has 1 atom stereocenters. The van der Waals surface area contributed by atoms with Crippen LogP contribution >= 0.6 is 22.9 Å². The predicted molar refractivity (Wildman–Crippen MR) is 145 cm³/mol. The number of hydrogen-bond donors (Lipinski definition) is 1. The zero-order chi connectivity index (χ0) is 25.7. The molecule has 37 heavy (non-hydrogen) atoms. The first-order valence-corrected chi connectivity index (χ1v) is 15.0. The van der Waals surface area contributed by atoms with Gasteiger partial charge in [-0.2, -0.15) is 14.1 Å². The minimum Gasteiger partial charge on any atom is -0.309 e. The number of benzene rings is 2.